The molecular weight excluding hydrogens is 384 g/mol. The van der Waals surface area contributed by atoms with E-state index in [-0.39, 0.29) is 18.6 Å². The van der Waals surface area contributed by atoms with Crippen LogP contribution in [0.3, 0.4) is 0 Å². The number of fused-ring (bicyclic) bond motifs is 3. The molecule has 27 heavy (non-hydrogen) atoms. The summed E-state index contributed by atoms with van der Waals surface area (Å²) in [5, 5.41) is 6.46. The molecule has 2 bridgehead atoms. The summed E-state index contributed by atoms with van der Waals surface area (Å²) in [7, 11) is 0. The van der Waals surface area contributed by atoms with E-state index in [9.17, 15) is 4.79 Å². The minimum atomic E-state index is -0.167. The summed E-state index contributed by atoms with van der Waals surface area (Å²) in [6.45, 7) is 5.40. The zero-order chi connectivity index (χ0) is 19.0. The Kier molecular flexibility index (Phi) is 5.25. The predicted octanol–water partition coefficient (Wildman–Crippen LogP) is 3.09. The first kappa shape index (κ1) is 18.5. The van der Waals surface area contributed by atoms with Crippen molar-refractivity contribution in [1.29, 1.82) is 0 Å². The molecule has 1 amide bonds. The number of ether oxygens (including phenoxy) is 1. The van der Waals surface area contributed by atoms with Crippen LogP contribution in [0, 0.1) is 12.8 Å². The van der Waals surface area contributed by atoms with Gasteiger partial charge in [0.1, 0.15) is 12.4 Å². The number of benzene rings is 1. The number of anilines is 1. The van der Waals surface area contributed by atoms with E-state index in [2.05, 4.69) is 15.2 Å². The van der Waals surface area contributed by atoms with Crippen LogP contribution in [0.15, 0.2) is 17.5 Å². The fourth-order valence-electron chi connectivity index (χ4n) is 3.87. The van der Waals surface area contributed by atoms with Gasteiger partial charge in [-0.25, -0.2) is 4.98 Å². The van der Waals surface area contributed by atoms with Crippen LogP contribution < -0.4 is 15.8 Å². The number of aryl methyl sites for hydroxylation is 1. The number of piperidine rings is 3. The summed E-state index contributed by atoms with van der Waals surface area (Å²) >= 11 is 7.74. The van der Waals surface area contributed by atoms with E-state index in [0.29, 0.717) is 27.9 Å². The first-order valence-electron chi connectivity index (χ1n) is 9.15. The largest absolute Gasteiger partial charge is 0.486 e. The number of halogens is 1. The maximum absolute atomic E-state index is 13.0. The molecule has 1 aromatic heterocycles. The molecule has 3 N–H and O–H groups in total. The van der Waals surface area contributed by atoms with Crippen molar-refractivity contribution in [2.45, 2.75) is 32.4 Å². The molecule has 0 saturated carbocycles. The minimum Gasteiger partial charge on any atom is -0.486 e. The highest BCUT2D eigenvalue weighted by atomic mass is 35.5. The molecule has 2 aromatic rings. The first-order chi connectivity index (χ1) is 13.0. The number of rotatable bonds is 5. The fourth-order valence-corrected chi connectivity index (χ4v) is 4.63. The van der Waals surface area contributed by atoms with E-state index < -0.39 is 0 Å². The van der Waals surface area contributed by atoms with Crippen molar-refractivity contribution in [1.82, 2.24) is 15.2 Å². The van der Waals surface area contributed by atoms with Gasteiger partial charge in [-0.3, -0.25) is 4.79 Å². The molecule has 3 aliphatic rings. The number of carbonyl (C=O) groups excluding carboxylic acids is 1. The van der Waals surface area contributed by atoms with Gasteiger partial charge in [0, 0.05) is 24.0 Å². The van der Waals surface area contributed by atoms with Crippen LogP contribution in [0.25, 0.3) is 0 Å². The second-order valence-corrected chi connectivity index (χ2v) is 8.70. The topological polar surface area (TPSA) is 80.5 Å². The lowest BCUT2D eigenvalue weighted by Crippen LogP contribution is -2.57. The van der Waals surface area contributed by atoms with Gasteiger partial charge < -0.3 is 20.7 Å². The number of aromatic nitrogens is 1. The molecule has 3 fully saturated rings. The Morgan fingerprint density at radius 3 is 2.85 bits per heavy atom. The van der Waals surface area contributed by atoms with Crippen molar-refractivity contribution < 1.29 is 9.53 Å². The molecular formula is C19H23ClN4O2S. The molecule has 1 atom stereocenters. The van der Waals surface area contributed by atoms with Crippen LogP contribution in [0.2, 0.25) is 5.02 Å². The summed E-state index contributed by atoms with van der Waals surface area (Å²) in [6.07, 6.45) is 2.28. The standard InChI is InChI=1S/C19H23ClN4O2S/c1-11-22-13(10-27-11)9-26-18-7-16(21)15(20)6-14(18)19(25)23-17-8-24-4-2-12(17)3-5-24/h6-7,10,12,17H,2-5,8-9,21H2,1H3,(H,23,25)/t17-/m1/s1. The molecule has 144 valence electrons. The van der Waals surface area contributed by atoms with E-state index >= 15 is 0 Å². The van der Waals surface area contributed by atoms with Crippen LogP contribution in [-0.4, -0.2) is 41.5 Å². The van der Waals surface area contributed by atoms with Crippen LogP contribution in [0.5, 0.6) is 5.75 Å². The van der Waals surface area contributed by atoms with E-state index in [1.165, 1.54) is 0 Å². The lowest BCUT2D eigenvalue weighted by Gasteiger charge is -2.44. The lowest BCUT2D eigenvalue weighted by molar-refractivity contribution is 0.0618. The quantitative estimate of drug-likeness (QED) is 0.746. The van der Waals surface area contributed by atoms with Gasteiger partial charge in [-0.2, -0.15) is 0 Å². The molecule has 3 saturated heterocycles. The van der Waals surface area contributed by atoms with Crippen molar-refractivity contribution >= 4 is 34.5 Å². The molecule has 0 aliphatic carbocycles. The molecule has 4 heterocycles. The second kappa shape index (κ2) is 7.66. The van der Waals surface area contributed by atoms with Gasteiger partial charge in [0.2, 0.25) is 0 Å². The Labute approximate surface area is 167 Å². The number of nitrogens with one attached hydrogen (secondary N) is 1. The van der Waals surface area contributed by atoms with Gasteiger partial charge in [0.25, 0.3) is 5.91 Å². The second-order valence-electron chi connectivity index (χ2n) is 7.23. The van der Waals surface area contributed by atoms with E-state index in [0.717, 1.165) is 43.2 Å². The first-order valence-corrected chi connectivity index (χ1v) is 10.4. The Morgan fingerprint density at radius 1 is 1.44 bits per heavy atom. The molecule has 0 radical (unpaired) electrons. The smallest absolute Gasteiger partial charge is 0.255 e. The average Bonchev–Trinajstić information content (AvgIpc) is 3.08. The number of nitrogen functional groups attached to an aromatic ring is 1. The number of hydrogen-bond donors (Lipinski definition) is 2. The van der Waals surface area contributed by atoms with Gasteiger partial charge in [0.15, 0.2) is 0 Å². The number of nitrogens with zero attached hydrogens (tertiary/aromatic N) is 2. The Bertz CT molecular complexity index is 848. The molecule has 0 unspecified atom stereocenters. The highest BCUT2D eigenvalue weighted by Gasteiger charge is 2.35. The van der Waals surface area contributed by atoms with Gasteiger partial charge in [0.05, 0.1) is 27.0 Å². The monoisotopic (exact) mass is 406 g/mol. The van der Waals surface area contributed by atoms with E-state index in [1.54, 1.807) is 23.5 Å². The molecule has 0 spiro atoms. The van der Waals surface area contributed by atoms with Crippen LogP contribution in [0.4, 0.5) is 5.69 Å². The number of amides is 1. The van der Waals surface area contributed by atoms with Crippen molar-refractivity contribution in [3.63, 3.8) is 0 Å². The van der Waals surface area contributed by atoms with Crippen LogP contribution in [-0.2, 0) is 6.61 Å². The Morgan fingerprint density at radius 2 is 2.22 bits per heavy atom. The third-order valence-corrected chi connectivity index (χ3v) is 6.51. The normalized spacial score (nSPS) is 24.0. The SMILES string of the molecule is Cc1nc(COc2cc(N)c(Cl)cc2C(=O)N[C@@H]2CN3CCC2CC3)cs1. The number of hydrogen-bond acceptors (Lipinski definition) is 6. The van der Waals surface area contributed by atoms with Crippen molar-refractivity contribution in [3.05, 3.63) is 38.8 Å². The predicted molar refractivity (Wildman–Crippen MR) is 107 cm³/mol. The summed E-state index contributed by atoms with van der Waals surface area (Å²) in [6, 6.07) is 3.38. The fraction of sp³-hybridized carbons (Fsp3) is 0.474. The number of thiazole rings is 1. The maximum Gasteiger partial charge on any atom is 0.255 e. The van der Waals surface area contributed by atoms with Gasteiger partial charge >= 0.3 is 0 Å². The lowest BCUT2D eigenvalue weighted by atomic mass is 9.84. The molecule has 6 nitrogen and oxygen atoms in total. The van der Waals surface area contributed by atoms with Crippen LogP contribution >= 0.6 is 22.9 Å². The Balaban J connectivity index is 1.51. The summed E-state index contributed by atoms with van der Waals surface area (Å²) in [5.41, 5.74) is 7.56. The highest BCUT2D eigenvalue weighted by Crippen LogP contribution is 2.31. The van der Waals surface area contributed by atoms with Crippen molar-refractivity contribution in [3.8, 4) is 5.75 Å². The molecule has 1 aromatic carbocycles. The van der Waals surface area contributed by atoms with Crippen molar-refractivity contribution in [2.24, 2.45) is 5.92 Å². The number of carbonyl (C=O) groups is 1. The summed E-state index contributed by atoms with van der Waals surface area (Å²) in [4.78, 5) is 19.8. The van der Waals surface area contributed by atoms with E-state index in [1.807, 2.05) is 12.3 Å². The summed E-state index contributed by atoms with van der Waals surface area (Å²) < 4.78 is 5.88. The van der Waals surface area contributed by atoms with Gasteiger partial charge in [-0.05, 0) is 44.8 Å². The van der Waals surface area contributed by atoms with Crippen molar-refractivity contribution in [2.75, 3.05) is 25.4 Å². The third-order valence-electron chi connectivity index (χ3n) is 5.36. The van der Waals surface area contributed by atoms with Gasteiger partial charge in [-0.1, -0.05) is 11.6 Å². The zero-order valence-corrected chi connectivity index (χ0v) is 16.8. The zero-order valence-electron chi connectivity index (χ0n) is 15.2. The molecule has 3 aliphatic heterocycles. The molecule has 8 heteroatoms. The number of nitrogens with two attached hydrogens (primary N) is 1. The average molecular weight is 407 g/mol. The Hall–Kier alpha value is -1.83. The minimum absolute atomic E-state index is 0.167. The van der Waals surface area contributed by atoms with Crippen LogP contribution in [0.1, 0.15) is 33.9 Å². The molecule has 5 rings (SSSR count). The van der Waals surface area contributed by atoms with Gasteiger partial charge in [-0.15, -0.1) is 11.3 Å². The third kappa shape index (κ3) is 4.05. The summed E-state index contributed by atoms with van der Waals surface area (Å²) in [5.74, 6) is 0.812. The highest BCUT2D eigenvalue weighted by molar-refractivity contribution is 7.09. The van der Waals surface area contributed by atoms with E-state index in [4.69, 9.17) is 22.1 Å². The maximum atomic E-state index is 13.0.